The molecule has 1 amide bonds. The third-order valence-corrected chi connectivity index (χ3v) is 5.33. The van der Waals surface area contributed by atoms with E-state index >= 15 is 0 Å². The highest BCUT2D eigenvalue weighted by Crippen LogP contribution is 2.39. The van der Waals surface area contributed by atoms with Crippen LogP contribution in [0.1, 0.15) is 38.5 Å². The number of sulfonamides is 1. The van der Waals surface area contributed by atoms with Crippen LogP contribution in [0.4, 0.5) is 0 Å². The van der Waals surface area contributed by atoms with Crippen molar-refractivity contribution in [2.75, 3.05) is 25.9 Å². The molecule has 1 saturated heterocycles. The fourth-order valence-corrected chi connectivity index (χ4v) is 4.24. The van der Waals surface area contributed by atoms with Crippen molar-refractivity contribution in [2.45, 2.75) is 44.6 Å². The first kappa shape index (κ1) is 15.7. The van der Waals surface area contributed by atoms with E-state index in [2.05, 4.69) is 4.72 Å². The van der Waals surface area contributed by atoms with Gasteiger partial charge in [0, 0.05) is 25.7 Å². The fraction of sp³-hybridized carbons (Fsp3) is 0.923. The Morgan fingerprint density at radius 1 is 1.30 bits per heavy atom. The molecule has 0 bridgehead atoms. The van der Waals surface area contributed by atoms with Gasteiger partial charge in [0.15, 0.2) is 0 Å². The van der Waals surface area contributed by atoms with Gasteiger partial charge in [-0.05, 0) is 25.7 Å². The molecule has 1 aliphatic carbocycles. The third kappa shape index (κ3) is 3.51. The Balaban J connectivity index is 1.92. The number of likely N-dealkylation sites (tertiary alicyclic amines) is 1. The quantitative estimate of drug-likeness (QED) is 0.767. The summed E-state index contributed by atoms with van der Waals surface area (Å²) in [4.78, 5) is 14.5. The number of rotatable bonds is 4. The van der Waals surface area contributed by atoms with Crippen molar-refractivity contribution in [3.8, 4) is 0 Å². The Bertz CT molecular complexity index is 449. The zero-order valence-electron chi connectivity index (χ0n) is 12.1. The molecular formula is C13H25N3O3S. The van der Waals surface area contributed by atoms with Gasteiger partial charge in [-0.15, -0.1) is 0 Å². The molecule has 0 aromatic rings. The van der Waals surface area contributed by atoms with Crippen LogP contribution in [0.3, 0.4) is 0 Å². The second-order valence-corrected chi connectivity index (χ2v) is 7.93. The molecule has 2 aliphatic rings. The molecule has 3 N–H and O–H groups in total. The molecule has 0 aromatic carbocycles. The van der Waals surface area contributed by atoms with Crippen molar-refractivity contribution in [1.82, 2.24) is 9.62 Å². The Hall–Kier alpha value is -0.660. The third-order valence-electron chi connectivity index (χ3n) is 4.57. The molecule has 1 aliphatic heterocycles. The van der Waals surface area contributed by atoms with E-state index in [0.29, 0.717) is 32.5 Å². The number of hydrogen-bond donors (Lipinski definition) is 2. The minimum atomic E-state index is -3.17. The lowest BCUT2D eigenvalue weighted by atomic mass is 9.84. The van der Waals surface area contributed by atoms with Crippen molar-refractivity contribution in [1.29, 1.82) is 0 Å². The lowest BCUT2D eigenvalue weighted by Crippen LogP contribution is -2.52. The summed E-state index contributed by atoms with van der Waals surface area (Å²) < 4.78 is 25.0. The molecule has 0 radical (unpaired) electrons. The largest absolute Gasteiger partial charge is 0.342 e. The molecule has 0 atom stereocenters. The lowest BCUT2D eigenvalue weighted by Gasteiger charge is -2.38. The number of hydrogen-bond acceptors (Lipinski definition) is 4. The van der Waals surface area contributed by atoms with E-state index in [0.717, 1.165) is 25.7 Å². The van der Waals surface area contributed by atoms with E-state index in [1.54, 1.807) is 0 Å². The van der Waals surface area contributed by atoms with Crippen LogP contribution in [0, 0.1) is 5.41 Å². The van der Waals surface area contributed by atoms with Gasteiger partial charge in [-0.3, -0.25) is 4.79 Å². The summed E-state index contributed by atoms with van der Waals surface area (Å²) in [6.07, 6.45) is 6.48. The molecule has 1 saturated carbocycles. The summed E-state index contributed by atoms with van der Waals surface area (Å²) in [7, 11) is -3.17. The predicted octanol–water partition coefficient (Wildman–Crippen LogP) is 0.0457. The smallest absolute Gasteiger partial charge is 0.230 e. The minimum Gasteiger partial charge on any atom is -0.342 e. The molecule has 0 unspecified atom stereocenters. The standard InChI is InChI=1S/C13H25N3O3S/c1-20(18,19)15-11-4-8-16(9-5-11)12(17)13(10-14)6-2-3-7-13/h11,15H,2-10,14H2,1H3. The summed E-state index contributed by atoms with van der Waals surface area (Å²) in [5, 5.41) is 0. The average Bonchev–Trinajstić information content (AvgIpc) is 2.87. The van der Waals surface area contributed by atoms with E-state index in [-0.39, 0.29) is 17.4 Å². The van der Waals surface area contributed by atoms with E-state index in [9.17, 15) is 13.2 Å². The zero-order chi connectivity index (χ0) is 14.8. The number of carbonyl (C=O) groups excluding carboxylic acids is 1. The van der Waals surface area contributed by atoms with Crippen molar-refractivity contribution in [3.63, 3.8) is 0 Å². The Morgan fingerprint density at radius 2 is 1.85 bits per heavy atom. The Kier molecular flexibility index (Phi) is 4.71. The summed E-state index contributed by atoms with van der Waals surface area (Å²) in [6, 6.07) is -0.0496. The van der Waals surface area contributed by atoms with Gasteiger partial charge < -0.3 is 10.6 Å². The molecule has 20 heavy (non-hydrogen) atoms. The van der Waals surface area contributed by atoms with E-state index < -0.39 is 10.0 Å². The van der Waals surface area contributed by atoms with Gasteiger partial charge in [-0.2, -0.15) is 0 Å². The highest BCUT2D eigenvalue weighted by Gasteiger charge is 2.43. The minimum absolute atomic E-state index is 0.0496. The maximum absolute atomic E-state index is 12.7. The van der Waals surface area contributed by atoms with Crippen LogP contribution in [0.15, 0.2) is 0 Å². The van der Waals surface area contributed by atoms with Crippen LogP contribution in [0.25, 0.3) is 0 Å². The van der Waals surface area contributed by atoms with Crippen LogP contribution >= 0.6 is 0 Å². The van der Waals surface area contributed by atoms with E-state index in [1.165, 1.54) is 6.26 Å². The summed E-state index contributed by atoms with van der Waals surface area (Å²) in [5.41, 5.74) is 5.50. The first-order chi connectivity index (χ1) is 9.36. The highest BCUT2D eigenvalue weighted by atomic mass is 32.2. The molecule has 0 aromatic heterocycles. The summed E-state index contributed by atoms with van der Waals surface area (Å²) in [6.45, 7) is 1.66. The normalized spacial score (nSPS) is 24.0. The Labute approximate surface area is 121 Å². The van der Waals surface area contributed by atoms with Gasteiger partial charge in [-0.1, -0.05) is 12.8 Å². The first-order valence-corrected chi connectivity index (χ1v) is 9.22. The lowest BCUT2D eigenvalue weighted by molar-refractivity contribution is -0.142. The molecule has 1 heterocycles. The van der Waals surface area contributed by atoms with Crippen molar-refractivity contribution in [3.05, 3.63) is 0 Å². The maximum atomic E-state index is 12.7. The van der Waals surface area contributed by atoms with Crippen molar-refractivity contribution >= 4 is 15.9 Å². The molecule has 116 valence electrons. The van der Waals surface area contributed by atoms with E-state index in [4.69, 9.17) is 5.73 Å². The number of amides is 1. The number of carbonyl (C=O) groups is 1. The second-order valence-electron chi connectivity index (χ2n) is 6.15. The molecule has 6 nitrogen and oxygen atoms in total. The van der Waals surface area contributed by atoms with Gasteiger partial charge in [0.25, 0.3) is 0 Å². The molecule has 0 spiro atoms. The monoisotopic (exact) mass is 303 g/mol. The summed E-state index contributed by atoms with van der Waals surface area (Å²) >= 11 is 0. The van der Waals surface area contributed by atoms with Crippen LogP contribution in [0.5, 0.6) is 0 Å². The van der Waals surface area contributed by atoms with Crippen molar-refractivity contribution < 1.29 is 13.2 Å². The second kappa shape index (κ2) is 5.99. The van der Waals surface area contributed by atoms with Crippen LogP contribution < -0.4 is 10.5 Å². The molecule has 2 fully saturated rings. The molecule has 2 rings (SSSR count). The topological polar surface area (TPSA) is 92.5 Å². The number of nitrogens with zero attached hydrogens (tertiary/aromatic N) is 1. The van der Waals surface area contributed by atoms with Gasteiger partial charge >= 0.3 is 0 Å². The zero-order valence-corrected chi connectivity index (χ0v) is 12.9. The van der Waals surface area contributed by atoms with Gasteiger partial charge in [0.1, 0.15) is 0 Å². The number of piperidine rings is 1. The first-order valence-electron chi connectivity index (χ1n) is 7.33. The van der Waals surface area contributed by atoms with Crippen LogP contribution in [-0.2, 0) is 14.8 Å². The van der Waals surface area contributed by atoms with Crippen LogP contribution in [-0.4, -0.2) is 51.2 Å². The van der Waals surface area contributed by atoms with Crippen LogP contribution in [0.2, 0.25) is 0 Å². The number of nitrogens with two attached hydrogens (primary N) is 1. The maximum Gasteiger partial charge on any atom is 0.230 e. The predicted molar refractivity (Wildman–Crippen MR) is 77.5 cm³/mol. The van der Waals surface area contributed by atoms with Crippen molar-refractivity contribution in [2.24, 2.45) is 11.1 Å². The molecular weight excluding hydrogens is 278 g/mol. The highest BCUT2D eigenvalue weighted by molar-refractivity contribution is 7.88. The van der Waals surface area contributed by atoms with Gasteiger partial charge in [0.2, 0.25) is 15.9 Å². The summed E-state index contributed by atoms with van der Waals surface area (Å²) in [5.74, 6) is 0.176. The number of nitrogens with one attached hydrogen (secondary N) is 1. The Morgan fingerprint density at radius 3 is 2.30 bits per heavy atom. The van der Waals surface area contributed by atoms with Gasteiger partial charge in [-0.25, -0.2) is 13.1 Å². The van der Waals surface area contributed by atoms with Gasteiger partial charge in [0.05, 0.1) is 11.7 Å². The average molecular weight is 303 g/mol. The molecule has 7 heteroatoms. The fourth-order valence-electron chi connectivity index (χ4n) is 3.40. The van der Waals surface area contributed by atoms with E-state index in [1.807, 2.05) is 4.90 Å². The SMILES string of the molecule is CS(=O)(=O)NC1CCN(C(=O)C2(CN)CCCC2)CC1.